The van der Waals surface area contributed by atoms with E-state index in [-0.39, 0.29) is 35.5 Å². The van der Waals surface area contributed by atoms with Gasteiger partial charge in [-0.2, -0.15) is 0 Å². The highest BCUT2D eigenvalue weighted by atomic mass is 32.2. The van der Waals surface area contributed by atoms with Crippen molar-refractivity contribution in [1.82, 2.24) is 10.2 Å². The molecular formula is C37H40FN3O5S. The average Bonchev–Trinajstić information content (AvgIpc) is 3.10. The van der Waals surface area contributed by atoms with E-state index in [4.69, 9.17) is 4.74 Å². The molecule has 1 aliphatic rings. The highest BCUT2D eigenvalue weighted by Crippen LogP contribution is 2.28. The molecule has 0 saturated heterocycles. The van der Waals surface area contributed by atoms with Crippen molar-refractivity contribution in [2.24, 2.45) is 0 Å². The van der Waals surface area contributed by atoms with Gasteiger partial charge in [-0.3, -0.25) is 13.9 Å². The number of hydrogen-bond donors (Lipinski definition) is 1. The van der Waals surface area contributed by atoms with Crippen molar-refractivity contribution in [2.45, 2.75) is 62.0 Å². The smallest absolute Gasteiger partial charge is 0.264 e. The Balaban J connectivity index is 1.57. The van der Waals surface area contributed by atoms with E-state index in [1.54, 1.807) is 43.5 Å². The average molecular weight is 658 g/mol. The maximum atomic E-state index is 15.3. The Morgan fingerprint density at radius 3 is 2.17 bits per heavy atom. The van der Waals surface area contributed by atoms with E-state index >= 15 is 4.39 Å². The summed E-state index contributed by atoms with van der Waals surface area (Å²) in [5.74, 6) is -1.20. The number of nitrogens with one attached hydrogen (secondary N) is 1. The molecule has 1 N–H and O–H groups in total. The van der Waals surface area contributed by atoms with Crippen molar-refractivity contribution in [3.05, 3.63) is 126 Å². The molecule has 10 heteroatoms. The molecule has 0 heterocycles. The van der Waals surface area contributed by atoms with E-state index in [9.17, 15) is 18.0 Å². The van der Waals surface area contributed by atoms with Crippen LogP contribution in [0.5, 0.6) is 5.75 Å². The van der Waals surface area contributed by atoms with Gasteiger partial charge < -0.3 is 15.0 Å². The van der Waals surface area contributed by atoms with E-state index in [0.29, 0.717) is 11.3 Å². The van der Waals surface area contributed by atoms with Crippen LogP contribution in [0.15, 0.2) is 114 Å². The first-order chi connectivity index (χ1) is 22.8. The molecule has 1 atom stereocenters. The molecule has 246 valence electrons. The zero-order valence-electron chi connectivity index (χ0n) is 26.4. The Morgan fingerprint density at radius 2 is 1.49 bits per heavy atom. The third-order valence-corrected chi connectivity index (χ3v) is 10.2. The summed E-state index contributed by atoms with van der Waals surface area (Å²) >= 11 is 0. The molecule has 0 aromatic heterocycles. The first kappa shape index (κ1) is 33.7. The number of hydrogen-bond acceptors (Lipinski definition) is 5. The van der Waals surface area contributed by atoms with E-state index in [1.165, 1.54) is 35.2 Å². The Morgan fingerprint density at radius 1 is 0.851 bits per heavy atom. The third-order valence-electron chi connectivity index (χ3n) is 8.44. The van der Waals surface area contributed by atoms with E-state index in [1.807, 2.05) is 36.4 Å². The predicted molar refractivity (Wildman–Crippen MR) is 180 cm³/mol. The van der Waals surface area contributed by atoms with Gasteiger partial charge in [0.25, 0.3) is 10.0 Å². The Hall–Kier alpha value is -4.70. The van der Waals surface area contributed by atoms with Gasteiger partial charge in [-0.1, -0.05) is 92.1 Å². The zero-order chi connectivity index (χ0) is 33.2. The topological polar surface area (TPSA) is 96.0 Å². The number of rotatable bonds is 13. The number of amides is 2. The largest absolute Gasteiger partial charge is 0.497 e. The van der Waals surface area contributed by atoms with Gasteiger partial charge in [0, 0.05) is 19.0 Å². The van der Waals surface area contributed by atoms with Crippen LogP contribution in [0.1, 0.15) is 43.2 Å². The molecular weight excluding hydrogens is 617 g/mol. The number of methoxy groups -OCH3 is 1. The lowest BCUT2D eigenvalue weighted by Gasteiger charge is -2.35. The second-order valence-corrected chi connectivity index (χ2v) is 13.6. The summed E-state index contributed by atoms with van der Waals surface area (Å²) in [6.07, 6.45) is 5.03. The lowest BCUT2D eigenvalue weighted by Crippen LogP contribution is -2.55. The van der Waals surface area contributed by atoms with Gasteiger partial charge in [0.05, 0.1) is 17.7 Å². The molecule has 1 aliphatic carbocycles. The van der Waals surface area contributed by atoms with Gasteiger partial charge in [0.2, 0.25) is 11.8 Å². The SMILES string of the molecule is COc1cccc(CN(C(=O)CN(c2ccccc2F)S(=O)(=O)c2ccccc2)[C@@H](Cc2ccccc2)C(=O)NC2CCCCC2)c1. The van der Waals surface area contributed by atoms with Crippen LogP contribution in [0.4, 0.5) is 10.1 Å². The molecule has 8 nitrogen and oxygen atoms in total. The maximum Gasteiger partial charge on any atom is 0.264 e. The molecule has 0 bridgehead atoms. The molecule has 4 aromatic carbocycles. The van der Waals surface area contributed by atoms with E-state index in [2.05, 4.69) is 5.32 Å². The lowest BCUT2D eigenvalue weighted by molar-refractivity contribution is -0.140. The van der Waals surface area contributed by atoms with Gasteiger partial charge in [0.1, 0.15) is 24.2 Å². The summed E-state index contributed by atoms with van der Waals surface area (Å²) in [6, 6.07) is 28.6. The minimum absolute atomic E-state index is 0.0118. The number of sulfonamides is 1. The zero-order valence-corrected chi connectivity index (χ0v) is 27.2. The number of ether oxygens (including phenoxy) is 1. The molecule has 0 unspecified atom stereocenters. The number of halogens is 1. The molecule has 1 saturated carbocycles. The van der Waals surface area contributed by atoms with Crippen LogP contribution in [0.2, 0.25) is 0 Å². The summed E-state index contributed by atoms with van der Waals surface area (Å²) in [4.78, 5) is 30.1. The molecule has 0 aliphatic heterocycles. The van der Waals surface area contributed by atoms with Gasteiger partial charge in [-0.25, -0.2) is 12.8 Å². The number of carbonyl (C=O) groups is 2. The van der Waals surface area contributed by atoms with Crippen molar-refractivity contribution >= 4 is 27.5 Å². The van der Waals surface area contributed by atoms with Crippen molar-refractivity contribution < 1.29 is 27.1 Å². The highest BCUT2D eigenvalue weighted by Gasteiger charge is 2.36. The Kier molecular flexibility index (Phi) is 11.3. The van der Waals surface area contributed by atoms with Gasteiger partial charge in [0.15, 0.2) is 0 Å². The van der Waals surface area contributed by atoms with Crippen molar-refractivity contribution in [2.75, 3.05) is 18.0 Å². The van der Waals surface area contributed by atoms with Gasteiger partial charge in [-0.15, -0.1) is 0 Å². The highest BCUT2D eigenvalue weighted by molar-refractivity contribution is 7.92. The summed E-state index contributed by atoms with van der Waals surface area (Å²) in [7, 11) is -2.85. The lowest BCUT2D eigenvalue weighted by atomic mass is 9.94. The van der Waals surface area contributed by atoms with Crippen LogP contribution in [0.25, 0.3) is 0 Å². The van der Waals surface area contributed by atoms with Crippen LogP contribution in [-0.2, 0) is 32.6 Å². The number of anilines is 1. The van der Waals surface area contributed by atoms with Gasteiger partial charge in [-0.05, 0) is 60.4 Å². The molecule has 4 aromatic rings. The molecule has 1 fully saturated rings. The van der Waals surface area contributed by atoms with Gasteiger partial charge >= 0.3 is 0 Å². The number of carbonyl (C=O) groups excluding carboxylic acids is 2. The summed E-state index contributed by atoms with van der Waals surface area (Å²) in [5.41, 5.74) is 1.25. The molecule has 0 radical (unpaired) electrons. The summed E-state index contributed by atoms with van der Waals surface area (Å²) in [5, 5.41) is 3.18. The second kappa shape index (κ2) is 15.7. The molecule has 2 amide bonds. The summed E-state index contributed by atoms with van der Waals surface area (Å²) in [6.45, 7) is -0.744. The first-order valence-electron chi connectivity index (χ1n) is 15.9. The number of benzene rings is 4. The maximum absolute atomic E-state index is 15.3. The molecule has 5 rings (SSSR count). The minimum Gasteiger partial charge on any atom is -0.497 e. The normalized spacial score (nSPS) is 14.2. The fraction of sp³-hybridized carbons (Fsp3) is 0.297. The van der Waals surface area contributed by atoms with E-state index in [0.717, 1.165) is 48.0 Å². The fourth-order valence-corrected chi connectivity index (χ4v) is 7.40. The van der Waals surface area contributed by atoms with Crippen molar-refractivity contribution in [3.63, 3.8) is 0 Å². The quantitative estimate of drug-likeness (QED) is 0.187. The summed E-state index contributed by atoms with van der Waals surface area (Å²) < 4.78 is 49.6. The predicted octanol–water partition coefficient (Wildman–Crippen LogP) is 6.12. The first-order valence-corrected chi connectivity index (χ1v) is 17.3. The van der Waals surface area contributed by atoms with Crippen LogP contribution >= 0.6 is 0 Å². The van der Waals surface area contributed by atoms with Crippen LogP contribution < -0.4 is 14.4 Å². The number of nitrogens with zero attached hydrogens (tertiary/aromatic N) is 2. The third kappa shape index (κ3) is 8.56. The minimum atomic E-state index is -4.39. The number of para-hydroxylation sites is 1. The Labute approximate surface area is 276 Å². The van der Waals surface area contributed by atoms with Crippen LogP contribution in [0, 0.1) is 5.82 Å². The van der Waals surface area contributed by atoms with Crippen molar-refractivity contribution in [1.29, 1.82) is 0 Å². The van der Waals surface area contributed by atoms with E-state index < -0.39 is 34.3 Å². The molecule has 0 spiro atoms. The second-order valence-electron chi connectivity index (χ2n) is 11.7. The standard InChI is InChI=1S/C37H40FN3O5S/c1-46-31-19-13-16-29(24-31)26-40(35(25-28-14-5-2-6-15-28)37(43)39-30-17-7-3-8-18-30)36(42)27-41(34-23-12-11-22-33(34)38)47(44,45)32-20-9-4-10-21-32/h2,4-6,9-16,19-24,30,35H,3,7-8,17-18,25-27H2,1H3,(H,39,43)/t35-/m0/s1. The Bertz CT molecular complexity index is 1750. The van der Waals surface area contributed by atoms with Crippen LogP contribution in [0.3, 0.4) is 0 Å². The van der Waals surface area contributed by atoms with Crippen molar-refractivity contribution in [3.8, 4) is 5.75 Å². The molecule has 47 heavy (non-hydrogen) atoms. The van der Waals surface area contributed by atoms with Crippen LogP contribution in [-0.4, -0.2) is 50.9 Å². The fourth-order valence-electron chi connectivity index (χ4n) is 5.95. The monoisotopic (exact) mass is 657 g/mol.